The Hall–Kier alpha value is -1.67. The number of likely N-dealkylation sites (N-methyl/N-ethyl adjacent to an activating group) is 1. The third kappa shape index (κ3) is 3.68. The van der Waals surface area contributed by atoms with Gasteiger partial charge < -0.3 is 10.6 Å². The number of hydrogen-bond donors (Lipinski definition) is 2. The zero-order chi connectivity index (χ0) is 12.7. The Balaban J connectivity index is 2.78. The molecular formula is C12H15N3OS. The van der Waals surface area contributed by atoms with Crippen LogP contribution in [0.4, 0.5) is 5.69 Å². The minimum atomic E-state index is -0.0778. The molecule has 0 radical (unpaired) electrons. The average molecular weight is 249 g/mol. The second-order valence-corrected chi connectivity index (χ2v) is 4.15. The summed E-state index contributed by atoms with van der Waals surface area (Å²) in [7, 11) is 0. The van der Waals surface area contributed by atoms with E-state index in [2.05, 4.69) is 16.7 Å². The number of nitrogens with one attached hydrogen (secondary N) is 2. The van der Waals surface area contributed by atoms with Crippen molar-refractivity contribution in [1.82, 2.24) is 5.32 Å². The maximum Gasteiger partial charge on any atom is 0.239 e. The normalized spacial score (nSPS) is 9.47. The lowest BCUT2D eigenvalue weighted by Gasteiger charge is -2.10. The van der Waals surface area contributed by atoms with E-state index in [1.54, 1.807) is 6.07 Å². The van der Waals surface area contributed by atoms with E-state index in [0.717, 1.165) is 4.90 Å². The van der Waals surface area contributed by atoms with Crippen LogP contribution in [0.1, 0.15) is 12.5 Å². The van der Waals surface area contributed by atoms with Gasteiger partial charge >= 0.3 is 0 Å². The molecule has 0 atom stereocenters. The lowest BCUT2D eigenvalue weighted by Crippen LogP contribution is -2.29. The van der Waals surface area contributed by atoms with Crippen LogP contribution >= 0.6 is 11.8 Å². The molecule has 0 aromatic heterocycles. The van der Waals surface area contributed by atoms with Crippen molar-refractivity contribution in [3.63, 3.8) is 0 Å². The Kier molecular flexibility index (Phi) is 5.37. The fraction of sp³-hybridized carbons (Fsp3) is 0.333. The van der Waals surface area contributed by atoms with E-state index >= 15 is 0 Å². The molecule has 0 aliphatic heterocycles. The van der Waals surface area contributed by atoms with E-state index in [9.17, 15) is 4.79 Å². The van der Waals surface area contributed by atoms with Crippen LogP contribution in [0.3, 0.4) is 0 Å². The van der Waals surface area contributed by atoms with Gasteiger partial charge in [0.1, 0.15) is 6.07 Å². The first kappa shape index (κ1) is 13.4. The van der Waals surface area contributed by atoms with E-state index in [4.69, 9.17) is 5.26 Å². The Morgan fingerprint density at radius 1 is 1.53 bits per heavy atom. The van der Waals surface area contributed by atoms with E-state index in [0.29, 0.717) is 17.8 Å². The first-order chi connectivity index (χ1) is 8.22. The summed E-state index contributed by atoms with van der Waals surface area (Å²) in [6.45, 7) is 2.66. The molecule has 0 aliphatic rings. The number of nitriles is 1. The lowest BCUT2D eigenvalue weighted by molar-refractivity contribution is -0.119. The topological polar surface area (TPSA) is 64.9 Å². The number of anilines is 1. The smallest absolute Gasteiger partial charge is 0.239 e. The predicted octanol–water partition coefficient (Wildman–Crippen LogP) is 1.83. The first-order valence-corrected chi connectivity index (χ1v) is 6.53. The minimum absolute atomic E-state index is 0.0778. The minimum Gasteiger partial charge on any atom is -0.375 e. The van der Waals surface area contributed by atoms with Crippen LogP contribution in [-0.4, -0.2) is 25.3 Å². The van der Waals surface area contributed by atoms with Gasteiger partial charge in [0.25, 0.3) is 0 Å². The molecule has 0 fully saturated rings. The Morgan fingerprint density at radius 3 is 2.88 bits per heavy atom. The van der Waals surface area contributed by atoms with Crippen LogP contribution in [0.15, 0.2) is 23.1 Å². The van der Waals surface area contributed by atoms with Gasteiger partial charge in [0, 0.05) is 11.4 Å². The lowest BCUT2D eigenvalue weighted by atomic mass is 10.2. The summed E-state index contributed by atoms with van der Waals surface area (Å²) in [4.78, 5) is 12.2. The molecule has 1 aromatic rings. The van der Waals surface area contributed by atoms with Gasteiger partial charge in [0.05, 0.1) is 17.8 Å². The number of carbonyl (C=O) groups excluding carboxylic acids is 1. The number of hydrogen-bond acceptors (Lipinski definition) is 4. The highest BCUT2D eigenvalue weighted by Gasteiger charge is 2.07. The molecule has 0 heterocycles. The fourth-order valence-electron chi connectivity index (χ4n) is 1.40. The summed E-state index contributed by atoms with van der Waals surface area (Å²) in [6, 6.07) is 7.72. The van der Waals surface area contributed by atoms with E-state index in [1.165, 1.54) is 11.8 Å². The first-order valence-electron chi connectivity index (χ1n) is 5.30. The Bertz CT molecular complexity index is 440. The second kappa shape index (κ2) is 6.81. The van der Waals surface area contributed by atoms with Crippen LogP contribution in [-0.2, 0) is 4.79 Å². The van der Waals surface area contributed by atoms with Gasteiger partial charge in [-0.3, -0.25) is 4.79 Å². The number of nitrogens with zero attached hydrogens (tertiary/aromatic N) is 1. The molecule has 0 bridgehead atoms. The zero-order valence-corrected chi connectivity index (χ0v) is 10.7. The fourth-order valence-corrected chi connectivity index (χ4v) is 1.97. The zero-order valence-electron chi connectivity index (χ0n) is 9.91. The highest BCUT2D eigenvalue weighted by molar-refractivity contribution is 7.98. The summed E-state index contributed by atoms with van der Waals surface area (Å²) >= 11 is 1.52. The molecule has 0 saturated heterocycles. The quantitative estimate of drug-likeness (QED) is 0.781. The molecule has 1 aromatic carbocycles. The van der Waals surface area contributed by atoms with Crippen molar-refractivity contribution in [3.8, 4) is 6.07 Å². The highest BCUT2D eigenvalue weighted by Crippen LogP contribution is 2.25. The second-order valence-electron chi connectivity index (χ2n) is 3.30. The van der Waals surface area contributed by atoms with Crippen molar-refractivity contribution in [2.45, 2.75) is 11.8 Å². The molecule has 0 spiro atoms. The standard InChI is InChI=1S/C12H15N3OS/c1-3-14-12(16)8-15-10-5-4-6-11(17-2)9(10)7-13/h4-6,15H,3,8H2,1-2H3,(H,14,16). The molecule has 1 amide bonds. The molecule has 17 heavy (non-hydrogen) atoms. The molecular weight excluding hydrogens is 234 g/mol. The van der Waals surface area contributed by atoms with Crippen molar-refractivity contribution in [3.05, 3.63) is 23.8 Å². The van der Waals surface area contributed by atoms with Gasteiger partial charge in [0.15, 0.2) is 0 Å². The van der Waals surface area contributed by atoms with Crippen LogP contribution < -0.4 is 10.6 Å². The third-order valence-corrected chi connectivity index (χ3v) is 2.95. The summed E-state index contributed by atoms with van der Waals surface area (Å²) in [5.41, 5.74) is 1.29. The van der Waals surface area contributed by atoms with E-state index in [-0.39, 0.29) is 12.5 Å². The van der Waals surface area contributed by atoms with Crippen LogP contribution in [0.5, 0.6) is 0 Å². The van der Waals surface area contributed by atoms with E-state index < -0.39 is 0 Å². The van der Waals surface area contributed by atoms with Crippen molar-refractivity contribution in [2.24, 2.45) is 0 Å². The van der Waals surface area contributed by atoms with Crippen molar-refractivity contribution in [2.75, 3.05) is 24.7 Å². The van der Waals surface area contributed by atoms with Gasteiger partial charge in [-0.25, -0.2) is 0 Å². The number of amides is 1. The summed E-state index contributed by atoms with van der Waals surface area (Å²) < 4.78 is 0. The molecule has 0 aliphatic carbocycles. The molecule has 2 N–H and O–H groups in total. The number of rotatable bonds is 5. The van der Waals surface area contributed by atoms with Crippen LogP contribution in [0, 0.1) is 11.3 Å². The molecule has 4 nitrogen and oxygen atoms in total. The van der Waals surface area contributed by atoms with Crippen molar-refractivity contribution < 1.29 is 4.79 Å². The maximum absolute atomic E-state index is 11.3. The highest BCUT2D eigenvalue weighted by atomic mass is 32.2. The molecule has 0 saturated carbocycles. The SMILES string of the molecule is CCNC(=O)CNc1cccc(SC)c1C#N. The predicted molar refractivity (Wildman–Crippen MR) is 70.1 cm³/mol. The van der Waals surface area contributed by atoms with Gasteiger partial charge in [-0.05, 0) is 25.3 Å². The largest absolute Gasteiger partial charge is 0.375 e. The van der Waals surface area contributed by atoms with Gasteiger partial charge in [0.2, 0.25) is 5.91 Å². The number of thioether (sulfide) groups is 1. The molecule has 5 heteroatoms. The summed E-state index contributed by atoms with van der Waals surface area (Å²) in [5.74, 6) is -0.0778. The van der Waals surface area contributed by atoms with Crippen molar-refractivity contribution in [1.29, 1.82) is 5.26 Å². The van der Waals surface area contributed by atoms with Gasteiger partial charge in [-0.1, -0.05) is 6.07 Å². The Morgan fingerprint density at radius 2 is 2.29 bits per heavy atom. The van der Waals surface area contributed by atoms with Gasteiger partial charge in [-0.15, -0.1) is 11.8 Å². The summed E-state index contributed by atoms with van der Waals surface area (Å²) in [6.07, 6.45) is 1.92. The average Bonchev–Trinajstić information content (AvgIpc) is 2.36. The molecule has 0 unspecified atom stereocenters. The number of carbonyl (C=O) groups is 1. The van der Waals surface area contributed by atoms with Crippen LogP contribution in [0.25, 0.3) is 0 Å². The van der Waals surface area contributed by atoms with Crippen LogP contribution in [0.2, 0.25) is 0 Å². The third-order valence-electron chi connectivity index (χ3n) is 2.17. The maximum atomic E-state index is 11.3. The molecule has 90 valence electrons. The summed E-state index contributed by atoms with van der Waals surface area (Å²) in [5, 5.41) is 14.8. The number of benzene rings is 1. The Labute approximate surface area is 105 Å². The molecule has 1 rings (SSSR count). The van der Waals surface area contributed by atoms with Gasteiger partial charge in [-0.2, -0.15) is 5.26 Å². The monoisotopic (exact) mass is 249 g/mol. The van der Waals surface area contributed by atoms with Crippen molar-refractivity contribution >= 4 is 23.4 Å². The van der Waals surface area contributed by atoms with E-state index in [1.807, 2.05) is 25.3 Å².